The van der Waals surface area contributed by atoms with Gasteiger partial charge >= 0.3 is 0 Å². The molecule has 1 unspecified atom stereocenters. The summed E-state index contributed by atoms with van der Waals surface area (Å²) in [5, 5.41) is 0. The summed E-state index contributed by atoms with van der Waals surface area (Å²) in [7, 11) is 0. The third-order valence-electron chi connectivity index (χ3n) is 3.63. The van der Waals surface area contributed by atoms with E-state index in [1.54, 1.807) is 11.1 Å². The molecule has 67 valence electrons. The number of hydrogen-bond acceptors (Lipinski definition) is 0. The molecule has 11 heavy (non-hydrogen) atoms. The van der Waals surface area contributed by atoms with Crippen LogP contribution >= 0.6 is 0 Å². The van der Waals surface area contributed by atoms with E-state index in [2.05, 4.69) is 20.8 Å². The van der Waals surface area contributed by atoms with Gasteiger partial charge in [-0.05, 0) is 37.5 Å². The molecule has 3 aliphatic rings. The van der Waals surface area contributed by atoms with Crippen LogP contribution in [0.2, 0.25) is 0 Å². The topological polar surface area (TPSA) is 0 Å². The Bertz CT molecular complexity index is 201. The number of rotatable bonds is 0. The van der Waals surface area contributed by atoms with Gasteiger partial charge in [0, 0.05) is 22.4 Å². The molecule has 0 spiro atoms. The van der Waals surface area contributed by atoms with Crippen molar-refractivity contribution in [3.05, 3.63) is 11.1 Å². The molecule has 0 heterocycles. The Hall–Kier alpha value is 0.480. The molecule has 0 aromatic carbocycles. The van der Waals surface area contributed by atoms with Crippen molar-refractivity contribution in [3.63, 3.8) is 0 Å². The van der Waals surface area contributed by atoms with Crippen LogP contribution in [-0.4, -0.2) is 0 Å². The maximum atomic E-state index is 2.40. The number of hydrogen-bond donors (Lipinski definition) is 0. The van der Waals surface area contributed by atoms with Crippen molar-refractivity contribution in [3.8, 4) is 0 Å². The van der Waals surface area contributed by atoms with Gasteiger partial charge < -0.3 is 0 Å². The molecule has 3 aliphatic carbocycles. The molecule has 0 nitrogen and oxygen atoms in total. The van der Waals surface area contributed by atoms with Crippen LogP contribution in [0.25, 0.3) is 0 Å². The molecule has 2 bridgehead atoms. The van der Waals surface area contributed by atoms with Gasteiger partial charge in [0.15, 0.2) is 0 Å². The zero-order chi connectivity index (χ0) is 7.35. The fourth-order valence-corrected chi connectivity index (χ4v) is 2.61. The zero-order valence-corrected chi connectivity index (χ0v) is 9.67. The van der Waals surface area contributed by atoms with Crippen molar-refractivity contribution >= 4 is 0 Å². The second-order valence-corrected chi connectivity index (χ2v) is 4.42. The Morgan fingerprint density at radius 1 is 1.36 bits per heavy atom. The third kappa shape index (κ3) is 1.16. The molecule has 0 aromatic rings. The quantitative estimate of drug-likeness (QED) is 0.472. The van der Waals surface area contributed by atoms with Gasteiger partial charge in [-0.1, -0.05) is 25.0 Å². The van der Waals surface area contributed by atoms with E-state index in [1.165, 1.54) is 19.3 Å². The predicted molar refractivity (Wildman–Crippen MR) is 43.8 cm³/mol. The Morgan fingerprint density at radius 3 is 2.27 bits per heavy atom. The van der Waals surface area contributed by atoms with Gasteiger partial charge in [-0.25, -0.2) is 0 Å². The fraction of sp³-hybridized carbons (Fsp3) is 0.800. The average Bonchev–Trinajstić information content (AvgIpc) is 1.87. The summed E-state index contributed by atoms with van der Waals surface area (Å²) in [6, 6.07) is 0. The van der Waals surface area contributed by atoms with E-state index >= 15 is 0 Å². The van der Waals surface area contributed by atoms with E-state index in [0.717, 1.165) is 5.92 Å². The minimum atomic E-state index is 0. The van der Waals surface area contributed by atoms with E-state index in [1.807, 2.05) is 0 Å². The first-order valence-corrected chi connectivity index (χ1v) is 4.31. The van der Waals surface area contributed by atoms with Crippen LogP contribution < -0.4 is 0 Å². The van der Waals surface area contributed by atoms with Crippen LogP contribution in [0, 0.1) is 11.3 Å². The van der Waals surface area contributed by atoms with Crippen LogP contribution in [-0.2, 0) is 22.4 Å². The maximum absolute atomic E-state index is 2.40. The van der Waals surface area contributed by atoms with Crippen molar-refractivity contribution in [2.45, 2.75) is 40.0 Å². The van der Waals surface area contributed by atoms with E-state index < -0.39 is 0 Å². The van der Waals surface area contributed by atoms with Gasteiger partial charge in [0.2, 0.25) is 0 Å². The summed E-state index contributed by atoms with van der Waals surface area (Å²) < 4.78 is 0. The molecule has 1 radical (unpaired) electrons. The Labute approximate surface area is 85.0 Å². The molecule has 0 N–H and O–H groups in total. The predicted octanol–water partition coefficient (Wildman–Crippen LogP) is 3.14. The van der Waals surface area contributed by atoms with Gasteiger partial charge in [-0.3, -0.25) is 0 Å². The SMILES string of the molecule is CC1=C2CC(CC1)C2(C)C.[Au]. The zero-order valence-electron chi connectivity index (χ0n) is 7.50. The second-order valence-electron chi connectivity index (χ2n) is 4.42. The number of allylic oxidation sites excluding steroid dienone is 2. The number of fused-ring (bicyclic) bond motifs is 2. The molecule has 0 aromatic heterocycles. The smallest absolute Gasteiger partial charge is 0 e. The summed E-state index contributed by atoms with van der Waals surface area (Å²) in [4.78, 5) is 0. The van der Waals surface area contributed by atoms with Gasteiger partial charge in [-0.2, -0.15) is 0 Å². The minimum Gasteiger partial charge on any atom is -0.0735 e. The summed E-state index contributed by atoms with van der Waals surface area (Å²) in [6.45, 7) is 7.12. The normalized spacial score (nSPS) is 32.5. The van der Waals surface area contributed by atoms with Crippen LogP contribution in [0.1, 0.15) is 40.0 Å². The van der Waals surface area contributed by atoms with Gasteiger partial charge in [0.1, 0.15) is 0 Å². The van der Waals surface area contributed by atoms with Crippen molar-refractivity contribution < 1.29 is 22.4 Å². The van der Waals surface area contributed by atoms with Crippen LogP contribution in [0.15, 0.2) is 11.1 Å². The van der Waals surface area contributed by atoms with Crippen LogP contribution in [0.5, 0.6) is 0 Å². The van der Waals surface area contributed by atoms with E-state index in [9.17, 15) is 0 Å². The first-order valence-electron chi connectivity index (χ1n) is 4.31. The Morgan fingerprint density at radius 2 is 2.00 bits per heavy atom. The van der Waals surface area contributed by atoms with Crippen molar-refractivity contribution in [1.82, 2.24) is 0 Å². The standard InChI is InChI=1S/C10H16.Au/c1-7-4-5-8-6-9(7)10(8,2)3;/h8H,4-6H2,1-3H3;. The van der Waals surface area contributed by atoms with Gasteiger partial charge in [0.05, 0.1) is 0 Å². The molecule has 1 heteroatoms. The van der Waals surface area contributed by atoms with E-state index in [-0.39, 0.29) is 22.4 Å². The fourth-order valence-electron chi connectivity index (χ4n) is 2.61. The summed E-state index contributed by atoms with van der Waals surface area (Å²) >= 11 is 0. The van der Waals surface area contributed by atoms with Crippen molar-refractivity contribution in [1.29, 1.82) is 0 Å². The molecule has 3 rings (SSSR count). The summed E-state index contributed by atoms with van der Waals surface area (Å²) in [5.74, 6) is 1.02. The molecule has 0 amide bonds. The average molecular weight is 333 g/mol. The molecule has 0 saturated heterocycles. The molecular formula is C10H16Au. The van der Waals surface area contributed by atoms with Crippen LogP contribution in [0.3, 0.4) is 0 Å². The first-order chi connectivity index (χ1) is 4.62. The first kappa shape index (κ1) is 9.57. The van der Waals surface area contributed by atoms with Gasteiger partial charge in [0.25, 0.3) is 0 Å². The van der Waals surface area contributed by atoms with Crippen molar-refractivity contribution in [2.75, 3.05) is 0 Å². The largest absolute Gasteiger partial charge is 0.0735 e. The maximum Gasteiger partial charge on any atom is 0 e. The van der Waals surface area contributed by atoms with E-state index in [4.69, 9.17) is 0 Å². The summed E-state index contributed by atoms with van der Waals surface area (Å²) in [6.07, 6.45) is 4.24. The molecule has 0 aliphatic heterocycles. The molecule has 1 atom stereocenters. The van der Waals surface area contributed by atoms with Crippen LogP contribution in [0.4, 0.5) is 0 Å². The van der Waals surface area contributed by atoms with E-state index in [0.29, 0.717) is 5.41 Å². The summed E-state index contributed by atoms with van der Waals surface area (Å²) in [5.41, 5.74) is 4.04. The monoisotopic (exact) mass is 333 g/mol. The Balaban J connectivity index is 0.000000605. The van der Waals surface area contributed by atoms with Crippen molar-refractivity contribution in [2.24, 2.45) is 11.3 Å². The molecular weight excluding hydrogens is 317 g/mol. The second kappa shape index (κ2) is 2.76. The third-order valence-corrected chi connectivity index (χ3v) is 3.63. The Kier molecular flexibility index (Phi) is 2.40. The minimum absolute atomic E-state index is 0. The molecule has 1 fully saturated rings. The molecule has 1 saturated carbocycles. The van der Waals surface area contributed by atoms with Gasteiger partial charge in [-0.15, -0.1) is 0 Å².